The van der Waals surface area contributed by atoms with E-state index in [1.165, 1.54) is 25.7 Å². The van der Waals surface area contributed by atoms with Crippen LogP contribution in [-0.4, -0.2) is 46.5 Å². The van der Waals surface area contributed by atoms with E-state index in [2.05, 4.69) is 16.9 Å². The Hall–Kier alpha value is -3.49. The van der Waals surface area contributed by atoms with E-state index in [9.17, 15) is 28.0 Å². The quantitative estimate of drug-likeness (QED) is 0.368. The monoisotopic (exact) mass is 489 g/mol. The van der Waals surface area contributed by atoms with E-state index in [1.807, 2.05) is 13.8 Å². The van der Waals surface area contributed by atoms with Gasteiger partial charge in [-0.05, 0) is 50.5 Å². The van der Waals surface area contributed by atoms with Crippen molar-refractivity contribution in [2.45, 2.75) is 72.5 Å². The topological polar surface area (TPSA) is 95.9 Å². The molecule has 1 unspecified atom stereocenters. The maximum Gasteiger partial charge on any atom is 0.366 e. The smallest absolute Gasteiger partial charge is 0.346 e. The fourth-order valence-electron chi connectivity index (χ4n) is 3.57. The molecule has 0 spiro atoms. The van der Waals surface area contributed by atoms with Gasteiger partial charge in [-0.25, -0.2) is 0 Å². The summed E-state index contributed by atoms with van der Waals surface area (Å²) in [5, 5.41) is 2.20. The minimum Gasteiger partial charge on any atom is -0.346 e. The second-order valence-corrected chi connectivity index (χ2v) is 7.72. The molecule has 1 N–H and O–H groups in total. The summed E-state index contributed by atoms with van der Waals surface area (Å²) in [6, 6.07) is 4.02. The number of benzene rings is 1. The molecule has 1 heterocycles. The zero-order chi connectivity index (χ0) is 26.8. The van der Waals surface area contributed by atoms with E-state index >= 15 is 0 Å². The molecule has 1 aliphatic heterocycles. The Kier molecular flexibility index (Phi) is 11.3. The van der Waals surface area contributed by atoms with Crippen LogP contribution in [0.3, 0.4) is 0 Å². The fourth-order valence-corrected chi connectivity index (χ4v) is 3.57. The number of Topliss-reactive ketones (excluding diaryl/α,β-unsaturated/α-hetero) is 2. The van der Waals surface area contributed by atoms with Crippen LogP contribution < -0.4 is 5.32 Å². The predicted molar refractivity (Wildman–Crippen MR) is 131 cm³/mol. The molecule has 7 nitrogen and oxygen atoms in total. The lowest BCUT2D eigenvalue weighted by molar-refractivity contribution is -0.140. The van der Waals surface area contributed by atoms with Gasteiger partial charge in [0.15, 0.2) is 5.78 Å². The first-order valence-corrected chi connectivity index (χ1v) is 11.4. The molecule has 0 bridgehead atoms. The molecule has 0 saturated heterocycles. The third kappa shape index (κ3) is 7.50. The molecule has 9 heteroatoms. The zero-order valence-electron chi connectivity index (χ0n) is 20.9. The lowest BCUT2D eigenvalue weighted by Crippen LogP contribution is -2.40. The van der Waals surface area contributed by atoms with Crippen LogP contribution in [0, 0.1) is 0 Å². The molecule has 0 fully saturated rings. The number of fused-ring (bicyclic) bond motifs is 1. The normalized spacial score (nSPS) is 14.2. The molecular formula is C26H33F2N3O4. The molecule has 0 saturated carbocycles. The molecule has 1 aromatic rings. The second kappa shape index (κ2) is 13.4. The van der Waals surface area contributed by atoms with Crippen LogP contribution in [0.1, 0.15) is 68.9 Å². The van der Waals surface area contributed by atoms with Gasteiger partial charge in [-0.15, -0.1) is 0 Å². The van der Waals surface area contributed by atoms with Crippen molar-refractivity contribution in [3.8, 4) is 0 Å². The van der Waals surface area contributed by atoms with Gasteiger partial charge < -0.3 is 15.0 Å². The van der Waals surface area contributed by atoms with Crippen LogP contribution in [0.15, 0.2) is 47.6 Å². The van der Waals surface area contributed by atoms with Crippen molar-refractivity contribution in [2.75, 3.05) is 0 Å². The highest BCUT2D eigenvalue weighted by Gasteiger charge is 2.43. The summed E-state index contributed by atoms with van der Waals surface area (Å²) < 4.78 is 28.9. The largest absolute Gasteiger partial charge is 0.366 e. The Labute approximate surface area is 205 Å². The zero-order valence-corrected chi connectivity index (χ0v) is 20.9. The van der Waals surface area contributed by atoms with E-state index in [4.69, 9.17) is 0 Å². The minimum atomic E-state index is -3.85. The molecule has 0 aromatic heterocycles. The Bertz CT molecular complexity index is 1030. The summed E-state index contributed by atoms with van der Waals surface area (Å²) in [7, 11) is 0. The molecule has 2 rings (SSSR count). The third-order valence-corrected chi connectivity index (χ3v) is 5.22. The number of carbonyl (C=O) groups excluding carboxylic acids is 4. The molecule has 1 aliphatic rings. The number of hydrogen-bond donors (Lipinski definition) is 1. The first kappa shape index (κ1) is 29.5. The van der Waals surface area contributed by atoms with Gasteiger partial charge in [0.1, 0.15) is 11.5 Å². The molecule has 35 heavy (non-hydrogen) atoms. The number of allylic oxidation sites excluding steroid dienone is 2. The van der Waals surface area contributed by atoms with Crippen molar-refractivity contribution in [1.29, 1.82) is 0 Å². The van der Waals surface area contributed by atoms with Gasteiger partial charge in [-0.1, -0.05) is 38.6 Å². The Morgan fingerprint density at radius 2 is 1.91 bits per heavy atom. The minimum absolute atomic E-state index is 0.0732. The summed E-state index contributed by atoms with van der Waals surface area (Å²) in [5.74, 6) is -5.98. The van der Waals surface area contributed by atoms with Crippen molar-refractivity contribution in [3.63, 3.8) is 0 Å². The molecule has 0 radical (unpaired) electrons. The number of ketones is 2. The summed E-state index contributed by atoms with van der Waals surface area (Å²) in [6.45, 7) is 11.6. The van der Waals surface area contributed by atoms with E-state index < -0.39 is 23.6 Å². The number of aliphatic imine (C=N–C) groups is 1. The van der Waals surface area contributed by atoms with Crippen LogP contribution in [0.4, 0.5) is 8.78 Å². The average Bonchev–Trinajstić information content (AvgIpc) is 3.13. The number of nitrogens with one attached hydrogen (secondary N) is 1. The molecule has 190 valence electrons. The predicted octanol–water partition coefficient (Wildman–Crippen LogP) is 4.41. The maximum absolute atomic E-state index is 14.4. The highest BCUT2D eigenvalue weighted by molar-refractivity contribution is 6.01. The number of alkyl halides is 2. The van der Waals surface area contributed by atoms with Gasteiger partial charge >= 0.3 is 5.92 Å². The Balaban J connectivity index is 0.00000298. The summed E-state index contributed by atoms with van der Waals surface area (Å²) in [4.78, 5) is 53.3. The van der Waals surface area contributed by atoms with E-state index in [-0.39, 0.29) is 43.4 Å². The first-order valence-electron chi connectivity index (χ1n) is 11.4. The standard InChI is InChI=1S/C24H27F2N3O4.C2H6/c1-5-7-21(27-6-2)24(25,26)23(33)28-13-17-9-10-19-18(12-17)14-29(22(19)32)20(16(4)31)11-8-15(3)30;1-2/h5-7,9-10,12,20H,1,8,11,13-14H2,2-4H3,(H,28,33);1-2H3/b21-7-,27-6?;. The van der Waals surface area contributed by atoms with E-state index in [1.54, 1.807) is 18.2 Å². The molecule has 2 amide bonds. The number of carbonyl (C=O) groups is 4. The SMILES string of the molecule is C=C/C=C(\N=CC)C(F)(F)C(=O)NCc1ccc2c(c1)CN(C(CCC(C)=O)C(C)=O)C2=O.CC. The lowest BCUT2D eigenvalue weighted by atomic mass is 10.0. The molecular weight excluding hydrogens is 456 g/mol. The van der Waals surface area contributed by atoms with Crippen LogP contribution in [0.5, 0.6) is 0 Å². The van der Waals surface area contributed by atoms with Crippen LogP contribution >= 0.6 is 0 Å². The molecule has 1 atom stereocenters. The van der Waals surface area contributed by atoms with Crippen molar-refractivity contribution in [3.05, 3.63) is 59.3 Å². The Morgan fingerprint density at radius 3 is 2.46 bits per heavy atom. The second-order valence-electron chi connectivity index (χ2n) is 7.72. The van der Waals surface area contributed by atoms with Crippen LogP contribution in [-0.2, 0) is 27.5 Å². The highest BCUT2D eigenvalue weighted by atomic mass is 19.3. The van der Waals surface area contributed by atoms with Gasteiger partial charge in [0, 0.05) is 31.3 Å². The number of halogens is 2. The van der Waals surface area contributed by atoms with E-state index in [0.29, 0.717) is 16.7 Å². The van der Waals surface area contributed by atoms with Gasteiger partial charge in [0.25, 0.3) is 11.8 Å². The van der Waals surface area contributed by atoms with Crippen molar-refractivity contribution in [2.24, 2.45) is 4.99 Å². The summed E-state index contributed by atoms with van der Waals surface area (Å²) in [6.07, 6.45) is 3.66. The van der Waals surface area contributed by atoms with E-state index in [0.717, 1.165) is 18.4 Å². The van der Waals surface area contributed by atoms with Gasteiger partial charge in [0.05, 0.1) is 6.04 Å². The highest BCUT2D eigenvalue weighted by Crippen LogP contribution is 2.28. The van der Waals surface area contributed by atoms with Crippen molar-refractivity contribution >= 4 is 29.6 Å². The summed E-state index contributed by atoms with van der Waals surface area (Å²) >= 11 is 0. The third-order valence-electron chi connectivity index (χ3n) is 5.22. The van der Waals surface area contributed by atoms with Gasteiger partial charge in [-0.2, -0.15) is 8.78 Å². The van der Waals surface area contributed by atoms with Crippen LogP contribution in [0.25, 0.3) is 0 Å². The first-order chi connectivity index (χ1) is 16.5. The molecule has 0 aliphatic carbocycles. The maximum atomic E-state index is 14.4. The van der Waals surface area contributed by atoms with Crippen molar-refractivity contribution in [1.82, 2.24) is 10.2 Å². The fraction of sp³-hybridized carbons (Fsp3) is 0.423. The lowest BCUT2D eigenvalue weighted by Gasteiger charge is -2.25. The number of amides is 2. The number of nitrogens with zero attached hydrogens (tertiary/aromatic N) is 2. The number of hydrogen-bond acceptors (Lipinski definition) is 5. The average molecular weight is 490 g/mol. The van der Waals surface area contributed by atoms with Gasteiger partial charge in [-0.3, -0.25) is 19.4 Å². The molecule has 1 aromatic carbocycles. The summed E-state index contributed by atoms with van der Waals surface area (Å²) in [5.41, 5.74) is 0.811. The number of rotatable bonds is 11. The van der Waals surface area contributed by atoms with Gasteiger partial charge in [0.2, 0.25) is 0 Å². The van der Waals surface area contributed by atoms with Crippen molar-refractivity contribution < 1.29 is 28.0 Å². The Morgan fingerprint density at radius 1 is 1.26 bits per heavy atom. The van der Waals surface area contributed by atoms with Crippen LogP contribution in [0.2, 0.25) is 0 Å².